The first-order valence-electron chi connectivity index (χ1n) is 8.33. The second kappa shape index (κ2) is 7.98. The second-order valence-corrected chi connectivity index (χ2v) is 5.92. The van der Waals surface area contributed by atoms with Crippen LogP contribution in [0.2, 0.25) is 0 Å². The first-order chi connectivity index (χ1) is 13.1. The van der Waals surface area contributed by atoms with Crippen LogP contribution in [-0.4, -0.2) is 18.9 Å². The van der Waals surface area contributed by atoms with Crippen molar-refractivity contribution < 1.29 is 9.59 Å². The third-order valence-electron chi connectivity index (χ3n) is 4.11. The van der Waals surface area contributed by atoms with Crippen LogP contribution >= 0.6 is 0 Å². The van der Waals surface area contributed by atoms with Gasteiger partial charge in [0.15, 0.2) is 0 Å². The molecular formula is C22H17N3O2. The van der Waals surface area contributed by atoms with Crippen LogP contribution in [0.1, 0.15) is 26.3 Å². The average molecular weight is 355 g/mol. The van der Waals surface area contributed by atoms with Crippen molar-refractivity contribution in [2.24, 2.45) is 0 Å². The normalized spacial score (nSPS) is 9.93. The standard InChI is InChI=1S/C22H17N3O2/c1-25(20-5-3-2-4-6-20)22(27)18-11-9-17(10-12-18)21(26)24-19-13-7-16(15-23)8-14-19/h2-14H,1H3,(H,24,26). The van der Waals surface area contributed by atoms with Crippen LogP contribution in [0.5, 0.6) is 0 Å². The van der Waals surface area contributed by atoms with Gasteiger partial charge in [-0.05, 0) is 60.7 Å². The lowest BCUT2D eigenvalue weighted by molar-refractivity contribution is 0.0989. The van der Waals surface area contributed by atoms with E-state index in [1.54, 1.807) is 60.5 Å². The first kappa shape index (κ1) is 17.9. The minimum atomic E-state index is -0.282. The summed E-state index contributed by atoms with van der Waals surface area (Å²) < 4.78 is 0. The van der Waals surface area contributed by atoms with Crippen molar-refractivity contribution in [1.82, 2.24) is 0 Å². The van der Waals surface area contributed by atoms with E-state index in [-0.39, 0.29) is 11.8 Å². The number of hydrogen-bond acceptors (Lipinski definition) is 3. The average Bonchev–Trinajstić information content (AvgIpc) is 2.74. The van der Waals surface area contributed by atoms with Gasteiger partial charge < -0.3 is 10.2 Å². The van der Waals surface area contributed by atoms with Gasteiger partial charge in [0.1, 0.15) is 0 Å². The molecule has 5 heteroatoms. The molecule has 132 valence electrons. The second-order valence-electron chi connectivity index (χ2n) is 5.92. The fraction of sp³-hybridized carbons (Fsp3) is 0.0455. The van der Waals surface area contributed by atoms with Crippen molar-refractivity contribution in [3.8, 4) is 6.07 Å². The Morgan fingerprint density at radius 3 is 2.04 bits per heavy atom. The Bertz CT molecular complexity index is 988. The molecule has 0 atom stereocenters. The van der Waals surface area contributed by atoms with Crippen molar-refractivity contribution in [2.45, 2.75) is 0 Å². The van der Waals surface area contributed by atoms with Gasteiger partial charge in [-0.2, -0.15) is 5.26 Å². The zero-order valence-electron chi connectivity index (χ0n) is 14.7. The molecule has 0 spiro atoms. The fourth-order valence-corrected chi connectivity index (χ4v) is 2.56. The molecule has 0 radical (unpaired) electrons. The zero-order valence-corrected chi connectivity index (χ0v) is 14.7. The largest absolute Gasteiger partial charge is 0.322 e. The van der Waals surface area contributed by atoms with Crippen LogP contribution in [-0.2, 0) is 0 Å². The molecule has 0 bridgehead atoms. The number of nitriles is 1. The number of benzene rings is 3. The smallest absolute Gasteiger partial charge is 0.258 e. The number of nitrogens with one attached hydrogen (secondary N) is 1. The summed E-state index contributed by atoms with van der Waals surface area (Å²) in [4.78, 5) is 26.5. The first-order valence-corrected chi connectivity index (χ1v) is 8.33. The Kier molecular flexibility index (Phi) is 5.29. The molecule has 5 nitrogen and oxygen atoms in total. The number of para-hydroxylation sites is 1. The van der Waals surface area contributed by atoms with Crippen molar-refractivity contribution >= 4 is 23.2 Å². The maximum absolute atomic E-state index is 12.6. The van der Waals surface area contributed by atoms with E-state index >= 15 is 0 Å². The Morgan fingerprint density at radius 1 is 0.852 bits per heavy atom. The molecule has 0 unspecified atom stereocenters. The molecule has 0 heterocycles. The monoisotopic (exact) mass is 355 g/mol. The highest BCUT2D eigenvalue weighted by atomic mass is 16.2. The lowest BCUT2D eigenvalue weighted by Gasteiger charge is -2.17. The van der Waals surface area contributed by atoms with Gasteiger partial charge in [-0.25, -0.2) is 0 Å². The summed E-state index contributed by atoms with van der Waals surface area (Å²) >= 11 is 0. The molecule has 2 amide bonds. The number of rotatable bonds is 4. The third-order valence-corrected chi connectivity index (χ3v) is 4.11. The number of nitrogens with zero attached hydrogens (tertiary/aromatic N) is 2. The number of hydrogen-bond donors (Lipinski definition) is 1. The molecule has 27 heavy (non-hydrogen) atoms. The van der Waals surface area contributed by atoms with E-state index < -0.39 is 0 Å². The lowest BCUT2D eigenvalue weighted by atomic mass is 10.1. The van der Waals surface area contributed by atoms with Crippen LogP contribution in [0.15, 0.2) is 78.9 Å². The van der Waals surface area contributed by atoms with Crippen LogP contribution in [0.3, 0.4) is 0 Å². The van der Waals surface area contributed by atoms with E-state index in [1.807, 2.05) is 36.4 Å². The van der Waals surface area contributed by atoms with Gasteiger partial charge in [-0.15, -0.1) is 0 Å². The summed E-state index contributed by atoms with van der Waals surface area (Å²) in [5, 5.41) is 11.6. The van der Waals surface area contributed by atoms with Crippen LogP contribution < -0.4 is 10.2 Å². The van der Waals surface area contributed by atoms with Gasteiger partial charge in [0, 0.05) is 29.5 Å². The van der Waals surface area contributed by atoms with Crippen molar-refractivity contribution in [1.29, 1.82) is 5.26 Å². The third kappa shape index (κ3) is 4.20. The molecule has 0 aliphatic rings. The number of carbonyl (C=O) groups is 2. The maximum atomic E-state index is 12.6. The summed E-state index contributed by atoms with van der Waals surface area (Å²) in [7, 11) is 1.71. The molecule has 0 aliphatic heterocycles. The van der Waals surface area contributed by atoms with E-state index in [9.17, 15) is 9.59 Å². The molecule has 0 saturated heterocycles. The number of anilines is 2. The Hall–Kier alpha value is -3.91. The summed E-state index contributed by atoms with van der Waals surface area (Å²) in [5.41, 5.74) is 2.86. The van der Waals surface area contributed by atoms with E-state index in [0.717, 1.165) is 5.69 Å². The summed E-state index contributed by atoms with van der Waals surface area (Å²) in [5.74, 6) is -0.435. The topological polar surface area (TPSA) is 73.2 Å². The minimum absolute atomic E-state index is 0.153. The minimum Gasteiger partial charge on any atom is -0.322 e. The molecule has 0 aromatic heterocycles. The van der Waals surface area contributed by atoms with E-state index in [1.165, 1.54) is 0 Å². The predicted molar refractivity (Wildman–Crippen MR) is 105 cm³/mol. The van der Waals surface area contributed by atoms with Crippen LogP contribution in [0, 0.1) is 11.3 Å². The molecule has 3 aromatic rings. The maximum Gasteiger partial charge on any atom is 0.258 e. The highest BCUT2D eigenvalue weighted by molar-refractivity contribution is 6.08. The zero-order chi connectivity index (χ0) is 19.2. The van der Waals surface area contributed by atoms with E-state index in [0.29, 0.717) is 22.4 Å². The van der Waals surface area contributed by atoms with Gasteiger partial charge in [-0.1, -0.05) is 18.2 Å². The molecule has 1 N–H and O–H groups in total. The summed E-state index contributed by atoms with van der Waals surface area (Å²) in [6.45, 7) is 0. The van der Waals surface area contributed by atoms with Crippen molar-refractivity contribution in [2.75, 3.05) is 17.3 Å². The highest BCUT2D eigenvalue weighted by Gasteiger charge is 2.14. The Labute approximate surface area is 157 Å². The summed E-state index contributed by atoms with van der Waals surface area (Å²) in [6.07, 6.45) is 0. The Balaban J connectivity index is 1.69. The quantitative estimate of drug-likeness (QED) is 0.766. The lowest BCUT2D eigenvalue weighted by Crippen LogP contribution is -2.26. The van der Waals surface area contributed by atoms with Gasteiger partial charge in [0.2, 0.25) is 0 Å². The van der Waals surface area contributed by atoms with E-state index in [2.05, 4.69) is 5.32 Å². The number of amides is 2. The fourth-order valence-electron chi connectivity index (χ4n) is 2.56. The van der Waals surface area contributed by atoms with Gasteiger partial charge in [0.25, 0.3) is 11.8 Å². The highest BCUT2D eigenvalue weighted by Crippen LogP contribution is 2.16. The van der Waals surface area contributed by atoms with Crippen LogP contribution in [0.4, 0.5) is 11.4 Å². The molecule has 3 aromatic carbocycles. The molecular weight excluding hydrogens is 338 g/mol. The molecule has 3 rings (SSSR count). The van der Waals surface area contributed by atoms with Crippen molar-refractivity contribution in [3.05, 3.63) is 95.6 Å². The molecule has 0 aliphatic carbocycles. The molecule has 0 fully saturated rings. The summed E-state index contributed by atoms with van der Waals surface area (Å²) in [6, 6.07) is 24.5. The van der Waals surface area contributed by atoms with Crippen LogP contribution in [0.25, 0.3) is 0 Å². The van der Waals surface area contributed by atoms with Crippen molar-refractivity contribution in [3.63, 3.8) is 0 Å². The van der Waals surface area contributed by atoms with Gasteiger partial charge in [-0.3, -0.25) is 9.59 Å². The Morgan fingerprint density at radius 2 is 1.44 bits per heavy atom. The SMILES string of the molecule is CN(C(=O)c1ccc(C(=O)Nc2ccc(C#N)cc2)cc1)c1ccccc1. The van der Waals surface area contributed by atoms with E-state index in [4.69, 9.17) is 5.26 Å². The van der Waals surface area contributed by atoms with Gasteiger partial charge in [0.05, 0.1) is 11.6 Å². The predicted octanol–water partition coefficient (Wildman–Crippen LogP) is 4.09. The molecule has 0 saturated carbocycles. The number of carbonyl (C=O) groups excluding carboxylic acids is 2. The van der Waals surface area contributed by atoms with Gasteiger partial charge >= 0.3 is 0 Å².